The molecule has 0 N–H and O–H groups in total. The predicted molar refractivity (Wildman–Crippen MR) is 98.0 cm³/mol. The standard InChI is InChI=1S/C19H23N3S/c1-20-10-12-21(13-11-20)14-15-22-16-6-2-4-8-18(16)23-19-9-5-3-7-17(19)22/h2-9H,10-15H2,1H3. The lowest BCUT2D eigenvalue weighted by molar-refractivity contribution is 0.157. The molecule has 0 aromatic heterocycles. The first-order valence-corrected chi connectivity index (χ1v) is 9.17. The van der Waals surface area contributed by atoms with Gasteiger partial charge in [0.1, 0.15) is 0 Å². The van der Waals surface area contributed by atoms with Crippen LogP contribution in [0.1, 0.15) is 0 Å². The van der Waals surface area contributed by atoms with E-state index in [9.17, 15) is 0 Å². The normalized spacial score (nSPS) is 18.6. The van der Waals surface area contributed by atoms with Gasteiger partial charge in [-0.05, 0) is 31.3 Å². The van der Waals surface area contributed by atoms with Crippen LogP contribution in [0.2, 0.25) is 0 Å². The van der Waals surface area contributed by atoms with E-state index in [1.165, 1.54) is 47.3 Å². The summed E-state index contributed by atoms with van der Waals surface area (Å²) in [6.45, 7) is 6.91. The topological polar surface area (TPSA) is 9.72 Å². The Balaban J connectivity index is 1.55. The molecule has 0 bridgehead atoms. The van der Waals surface area contributed by atoms with E-state index in [2.05, 4.69) is 70.3 Å². The van der Waals surface area contributed by atoms with Crippen LogP contribution in [0.15, 0.2) is 58.3 Å². The van der Waals surface area contributed by atoms with Crippen LogP contribution in [-0.4, -0.2) is 56.1 Å². The zero-order valence-electron chi connectivity index (χ0n) is 13.6. The molecule has 1 saturated heterocycles. The maximum absolute atomic E-state index is 2.59. The van der Waals surface area contributed by atoms with Crippen molar-refractivity contribution in [3.8, 4) is 0 Å². The Hall–Kier alpha value is -1.49. The summed E-state index contributed by atoms with van der Waals surface area (Å²) in [7, 11) is 2.21. The summed E-state index contributed by atoms with van der Waals surface area (Å²) in [4.78, 5) is 10.2. The highest BCUT2D eigenvalue weighted by Gasteiger charge is 2.23. The summed E-state index contributed by atoms with van der Waals surface area (Å²) in [6, 6.07) is 17.5. The Morgan fingerprint density at radius 3 is 1.96 bits per heavy atom. The van der Waals surface area contributed by atoms with E-state index in [1.54, 1.807) is 0 Å². The van der Waals surface area contributed by atoms with Crippen molar-refractivity contribution in [1.29, 1.82) is 0 Å². The molecule has 120 valence electrons. The smallest absolute Gasteiger partial charge is 0.0553 e. The van der Waals surface area contributed by atoms with Gasteiger partial charge in [0.15, 0.2) is 0 Å². The molecule has 0 atom stereocenters. The maximum Gasteiger partial charge on any atom is 0.0553 e. The molecule has 0 saturated carbocycles. The van der Waals surface area contributed by atoms with E-state index in [4.69, 9.17) is 0 Å². The van der Waals surface area contributed by atoms with E-state index >= 15 is 0 Å². The average Bonchev–Trinajstić information content (AvgIpc) is 2.60. The molecule has 2 aromatic carbocycles. The number of fused-ring (bicyclic) bond motifs is 2. The lowest BCUT2D eigenvalue weighted by atomic mass is 10.2. The molecule has 3 nitrogen and oxygen atoms in total. The number of piperazine rings is 1. The Labute approximate surface area is 142 Å². The van der Waals surface area contributed by atoms with E-state index in [0.29, 0.717) is 0 Å². The maximum atomic E-state index is 2.59. The van der Waals surface area contributed by atoms with Crippen LogP contribution in [0.5, 0.6) is 0 Å². The highest BCUT2D eigenvalue weighted by Crippen LogP contribution is 2.47. The fourth-order valence-corrected chi connectivity index (χ4v) is 4.43. The van der Waals surface area contributed by atoms with Crippen molar-refractivity contribution >= 4 is 23.1 Å². The third-order valence-electron chi connectivity index (χ3n) is 4.77. The molecule has 2 heterocycles. The second-order valence-corrected chi connectivity index (χ2v) is 7.42. The van der Waals surface area contributed by atoms with Gasteiger partial charge < -0.3 is 9.80 Å². The van der Waals surface area contributed by atoms with E-state index < -0.39 is 0 Å². The molecule has 2 aliphatic rings. The lowest BCUT2D eigenvalue weighted by Gasteiger charge is -2.37. The monoisotopic (exact) mass is 325 g/mol. The quantitative estimate of drug-likeness (QED) is 0.853. The van der Waals surface area contributed by atoms with Crippen LogP contribution in [0, 0.1) is 0 Å². The van der Waals surface area contributed by atoms with Gasteiger partial charge in [-0.2, -0.15) is 0 Å². The number of para-hydroxylation sites is 2. The fraction of sp³-hybridized carbons (Fsp3) is 0.368. The van der Waals surface area contributed by atoms with Crippen LogP contribution in [0.25, 0.3) is 0 Å². The summed E-state index contributed by atoms with van der Waals surface area (Å²) < 4.78 is 0. The van der Waals surface area contributed by atoms with Crippen molar-refractivity contribution < 1.29 is 0 Å². The molecule has 1 fully saturated rings. The zero-order valence-corrected chi connectivity index (χ0v) is 14.4. The first kappa shape index (κ1) is 15.1. The van der Waals surface area contributed by atoms with Gasteiger partial charge in [-0.25, -0.2) is 0 Å². The van der Waals surface area contributed by atoms with Gasteiger partial charge in [0.2, 0.25) is 0 Å². The van der Waals surface area contributed by atoms with Crippen molar-refractivity contribution in [2.45, 2.75) is 9.79 Å². The third kappa shape index (κ3) is 3.11. The SMILES string of the molecule is CN1CCN(CCN2c3ccccc3Sc3ccccc32)CC1. The summed E-state index contributed by atoms with van der Waals surface area (Å²) in [6.07, 6.45) is 0. The van der Waals surface area contributed by atoms with Crippen molar-refractivity contribution in [3.05, 3.63) is 48.5 Å². The minimum absolute atomic E-state index is 1.05. The molecule has 2 aliphatic heterocycles. The minimum Gasteiger partial charge on any atom is -0.338 e. The number of hydrogen-bond donors (Lipinski definition) is 0. The predicted octanol–water partition coefficient (Wildman–Crippen LogP) is 3.54. The highest BCUT2D eigenvalue weighted by molar-refractivity contribution is 7.99. The largest absolute Gasteiger partial charge is 0.338 e. The molecule has 0 unspecified atom stereocenters. The van der Waals surface area contributed by atoms with Crippen LogP contribution in [-0.2, 0) is 0 Å². The Bertz CT molecular complexity index is 634. The first-order chi connectivity index (χ1) is 11.3. The van der Waals surface area contributed by atoms with E-state index in [0.717, 1.165) is 13.1 Å². The Morgan fingerprint density at radius 1 is 0.783 bits per heavy atom. The summed E-state index contributed by atoms with van der Waals surface area (Å²) in [5.74, 6) is 0. The van der Waals surface area contributed by atoms with Crippen molar-refractivity contribution in [3.63, 3.8) is 0 Å². The summed E-state index contributed by atoms with van der Waals surface area (Å²) in [5, 5.41) is 0. The van der Waals surface area contributed by atoms with Crippen molar-refractivity contribution in [1.82, 2.24) is 9.80 Å². The second-order valence-electron chi connectivity index (χ2n) is 6.33. The summed E-state index contributed by atoms with van der Waals surface area (Å²) >= 11 is 1.89. The van der Waals surface area contributed by atoms with Crippen LogP contribution >= 0.6 is 11.8 Å². The van der Waals surface area contributed by atoms with E-state index in [1.807, 2.05) is 11.8 Å². The molecule has 0 amide bonds. The first-order valence-electron chi connectivity index (χ1n) is 8.35. The number of hydrogen-bond acceptors (Lipinski definition) is 4. The molecule has 4 heteroatoms. The lowest BCUT2D eigenvalue weighted by Crippen LogP contribution is -2.46. The molecular weight excluding hydrogens is 302 g/mol. The van der Waals surface area contributed by atoms with Crippen molar-refractivity contribution in [2.75, 3.05) is 51.2 Å². The van der Waals surface area contributed by atoms with Gasteiger partial charge >= 0.3 is 0 Å². The molecular formula is C19H23N3S. The Morgan fingerprint density at radius 2 is 1.35 bits per heavy atom. The van der Waals surface area contributed by atoms with Gasteiger partial charge in [-0.3, -0.25) is 4.90 Å². The average molecular weight is 325 g/mol. The number of anilines is 2. The second kappa shape index (κ2) is 6.56. The molecule has 0 aliphatic carbocycles. The number of rotatable bonds is 3. The molecule has 0 spiro atoms. The fourth-order valence-electron chi connectivity index (χ4n) is 3.33. The number of benzene rings is 2. The number of nitrogens with zero attached hydrogens (tertiary/aromatic N) is 3. The Kier molecular flexibility index (Phi) is 4.29. The van der Waals surface area contributed by atoms with Crippen LogP contribution in [0.4, 0.5) is 11.4 Å². The molecule has 4 rings (SSSR count). The minimum atomic E-state index is 1.05. The zero-order chi connectivity index (χ0) is 15.6. The van der Waals surface area contributed by atoms with Gasteiger partial charge in [-0.15, -0.1) is 0 Å². The van der Waals surface area contributed by atoms with Gasteiger partial charge in [0, 0.05) is 49.1 Å². The molecule has 23 heavy (non-hydrogen) atoms. The van der Waals surface area contributed by atoms with Gasteiger partial charge in [0.05, 0.1) is 11.4 Å². The third-order valence-corrected chi connectivity index (χ3v) is 5.90. The molecule has 0 radical (unpaired) electrons. The summed E-state index contributed by atoms with van der Waals surface area (Å²) in [5.41, 5.74) is 2.70. The van der Waals surface area contributed by atoms with Gasteiger partial charge in [-0.1, -0.05) is 36.0 Å². The van der Waals surface area contributed by atoms with Crippen LogP contribution in [0.3, 0.4) is 0 Å². The highest BCUT2D eigenvalue weighted by atomic mass is 32.2. The van der Waals surface area contributed by atoms with E-state index in [-0.39, 0.29) is 0 Å². The van der Waals surface area contributed by atoms with Gasteiger partial charge in [0.25, 0.3) is 0 Å². The van der Waals surface area contributed by atoms with Crippen LogP contribution < -0.4 is 4.90 Å². The number of likely N-dealkylation sites (N-methyl/N-ethyl adjacent to an activating group) is 1. The van der Waals surface area contributed by atoms with Crippen molar-refractivity contribution in [2.24, 2.45) is 0 Å². The molecule has 2 aromatic rings.